The van der Waals surface area contributed by atoms with Gasteiger partial charge in [-0.2, -0.15) is 0 Å². The van der Waals surface area contributed by atoms with Gasteiger partial charge in [0, 0.05) is 19.4 Å². The average Bonchev–Trinajstić information content (AvgIpc) is 2.81. The molecule has 2 rings (SSSR count). The number of hydrogen-bond donors (Lipinski definition) is 1. The van der Waals surface area contributed by atoms with Gasteiger partial charge in [-0.3, -0.25) is 14.5 Å². The van der Waals surface area contributed by atoms with Crippen LogP contribution in [0.25, 0.3) is 0 Å². The van der Waals surface area contributed by atoms with Crippen molar-refractivity contribution in [3.63, 3.8) is 0 Å². The highest BCUT2D eigenvalue weighted by molar-refractivity contribution is 7.89. The van der Waals surface area contributed by atoms with Gasteiger partial charge in [0.25, 0.3) is 0 Å². The van der Waals surface area contributed by atoms with Crippen molar-refractivity contribution < 1.29 is 27.1 Å². The fraction of sp³-hybridized carbons (Fsp3) is 0.467. The number of nitrogens with one attached hydrogen (secondary N) is 1. The molecule has 0 aromatic heterocycles. The first kappa shape index (κ1) is 18.5. The van der Waals surface area contributed by atoms with E-state index in [1.807, 2.05) is 0 Å². The van der Waals surface area contributed by atoms with E-state index in [0.717, 1.165) is 17.0 Å². The zero-order chi connectivity index (χ0) is 17.7. The minimum absolute atomic E-state index is 0.0113. The molecule has 2 amide bonds. The van der Waals surface area contributed by atoms with Crippen molar-refractivity contribution >= 4 is 21.8 Å². The number of nitrogens with zero attached hydrogens (tertiary/aromatic N) is 1. The predicted octanol–water partition coefficient (Wildman–Crippen LogP) is 0.578. The third-order valence-electron chi connectivity index (χ3n) is 3.58. The summed E-state index contributed by atoms with van der Waals surface area (Å²) in [4.78, 5) is 23.9. The Morgan fingerprint density at radius 2 is 1.88 bits per heavy atom. The van der Waals surface area contributed by atoms with Crippen LogP contribution in [0.15, 0.2) is 23.1 Å². The Morgan fingerprint density at radius 1 is 1.21 bits per heavy atom. The Labute approximate surface area is 139 Å². The number of amides is 2. The summed E-state index contributed by atoms with van der Waals surface area (Å²) in [7, 11) is -3.74. The van der Waals surface area contributed by atoms with Crippen LogP contribution in [0.3, 0.4) is 0 Å². The summed E-state index contributed by atoms with van der Waals surface area (Å²) in [6.07, 6.45) is 0.464. The third kappa shape index (κ3) is 4.59. The van der Waals surface area contributed by atoms with Gasteiger partial charge in [0.2, 0.25) is 21.8 Å². The highest BCUT2D eigenvalue weighted by Gasteiger charge is 2.28. The molecule has 1 aromatic rings. The number of carbonyl (C=O) groups is 2. The van der Waals surface area contributed by atoms with Crippen LogP contribution >= 0.6 is 0 Å². The van der Waals surface area contributed by atoms with Gasteiger partial charge in [0.15, 0.2) is 0 Å². The molecule has 132 valence electrons. The van der Waals surface area contributed by atoms with Crippen LogP contribution in [0.4, 0.5) is 4.39 Å². The van der Waals surface area contributed by atoms with Crippen LogP contribution in [0.2, 0.25) is 0 Å². The number of imide groups is 1. The van der Waals surface area contributed by atoms with Crippen LogP contribution in [0.5, 0.6) is 0 Å². The average molecular weight is 358 g/mol. The molecule has 0 atom stereocenters. The number of ether oxygens (including phenoxy) is 1. The highest BCUT2D eigenvalue weighted by Crippen LogP contribution is 2.15. The summed E-state index contributed by atoms with van der Waals surface area (Å²) in [6, 6.07) is 3.44. The van der Waals surface area contributed by atoms with Gasteiger partial charge in [0.1, 0.15) is 5.82 Å². The Kier molecular flexibility index (Phi) is 6.03. The number of rotatable bonds is 8. The predicted molar refractivity (Wildman–Crippen MR) is 83.1 cm³/mol. The van der Waals surface area contributed by atoms with E-state index in [4.69, 9.17) is 4.74 Å². The largest absolute Gasteiger partial charge is 0.378 e. The standard InChI is InChI=1S/C15H19FN2O5S/c1-11-10-12(16)2-3-13(11)24(21,22)17-6-8-23-9-7-18-14(19)4-5-15(18)20/h2-3,10,17H,4-9H2,1H3. The van der Waals surface area contributed by atoms with Crippen molar-refractivity contribution in [1.82, 2.24) is 9.62 Å². The van der Waals surface area contributed by atoms with Gasteiger partial charge >= 0.3 is 0 Å². The van der Waals surface area contributed by atoms with Crippen LogP contribution in [0, 0.1) is 12.7 Å². The van der Waals surface area contributed by atoms with E-state index in [2.05, 4.69) is 4.72 Å². The molecule has 1 aliphatic rings. The minimum atomic E-state index is -3.74. The maximum Gasteiger partial charge on any atom is 0.240 e. The quantitative estimate of drug-likeness (QED) is 0.542. The zero-order valence-electron chi connectivity index (χ0n) is 13.2. The molecular formula is C15H19FN2O5S. The highest BCUT2D eigenvalue weighted by atomic mass is 32.2. The second kappa shape index (κ2) is 7.82. The molecule has 0 unspecified atom stereocenters. The van der Waals surface area contributed by atoms with Crippen LogP contribution in [0.1, 0.15) is 18.4 Å². The molecule has 1 fully saturated rings. The molecule has 0 spiro atoms. The van der Waals surface area contributed by atoms with Crippen LogP contribution in [-0.4, -0.2) is 51.4 Å². The lowest BCUT2D eigenvalue weighted by Gasteiger charge is -2.14. The Balaban J connectivity index is 1.73. The van der Waals surface area contributed by atoms with Crippen molar-refractivity contribution in [2.45, 2.75) is 24.7 Å². The molecule has 0 aliphatic carbocycles. The molecule has 24 heavy (non-hydrogen) atoms. The van der Waals surface area contributed by atoms with Crippen molar-refractivity contribution in [1.29, 1.82) is 0 Å². The molecule has 9 heteroatoms. The summed E-state index contributed by atoms with van der Waals surface area (Å²) in [5, 5.41) is 0. The van der Waals surface area contributed by atoms with Crippen molar-refractivity contribution in [3.05, 3.63) is 29.6 Å². The van der Waals surface area contributed by atoms with Crippen molar-refractivity contribution in [2.75, 3.05) is 26.3 Å². The SMILES string of the molecule is Cc1cc(F)ccc1S(=O)(=O)NCCOCCN1C(=O)CCC1=O. The first-order valence-corrected chi connectivity index (χ1v) is 8.96. The van der Waals surface area contributed by atoms with Crippen molar-refractivity contribution in [2.24, 2.45) is 0 Å². The topological polar surface area (TPSA) is 92.8 Å². The van der Waals surface area contributed by atoms with E-state index in [-0.39, 0.29) is 55.9 Å². The first-order chi connectivity index (χ1) is 11.3. The van der Waals surface area contributed by atoms with Crippen molar-refractivity contribution in [3.8, 4) is 0 Å². The summed E-state index contributed by atoms with van der Waals surface area (Å²) < 4.78 is 44.8. The van der Waals surface area contributed by atoms with Gasteiger partial charge in [-0.05, 0) is 30.7 Å². The maximum absolute atomic E-state index is 13.0. The Bertz CT molecular complexity index is 719. The summed E-state index contributed by atoms with van der Waals surface area (Å²) >= 11 is 0. The number of aryl methyl sites for hydroxylation is 1. The minimum Gasteiger partial charge on any atom is -0.378 e. The van der Waals surface area contributed by atoms with E-state index in [1.165, 1.54) is 13.0 Å². The molecule has 7 nitrogen and oxygen atoms in total. The van der Waals surface area contributed by atoms with Gasteiger partial charge < -0.3 is 4.74 Å². The fourth-order valence-electron chi connectivity index (χ4n) is 2.37. The number of carbonyl (C=O) groups excluding carboxylic acids is 2. The summed E-state index contributed by atoms with van der Waals surface area (Å²) in [5.41, 5.74) is 0.314. The van der Waals surface area contributed by atoms with Crippen LogP contribution in [-0.2, 0) is 24.3 Å². The second-order valence-corrected chi connectivity index (χ2v) is 7.09. The van der Waals surface area contributed by atoms with Gasteiger partial charge in [-0.1, -0.05) is 0 Å². The summed E-state index contributed by atoms with van der Waals surface area (Å²) in [5.74, 6) is -0.923. The molecule has 1 aromatic carbocycles. The zero-order valence-corrected chi connectivity index (χ0v) is 14.1. The lowest BCUT2D eigenvalue weighted by atomic mass is 10.2. The van der Waals surface area contributed by atoms with E-state index in [1.54, 1.807) is 0 Å². The Hall–Kier alpha value is -1.84. The monoisotopic (exact) mass is 358 g/mol. The number of sulfonamides is 1. The molecule has 0 radical (unpaired) electrons. The first-order valence-electron chi connectivity index (χ1n) is 7.48. The number of benzene rings is 1. The second-order valence-electron chi connectivity index (χ2n) is 5.36. The smallest absolute Gasteiger partial charge is 0.240 e. The molecule has 0 bridgehead atoms. The number of hydrogen-bond acceptors (Lipinski definition) is 5. The van der Waals surface area contributed by atoms with E-state index < -0.39 is 15.8 Å². The third-order valence-corrected chi connectivity index (χ3v) is 5.20. The molecule has 0 saturated carbocycles. The fourth-order valence-corrected chi connectivity index (χ4v) is 3.61. The number of halogens is 1. The number of likely N-dealkylation sites (tertiary alicyclic amines) is 1. The molecule has 1 heterocycles. The molecule has 1 N–H and O–H groups in total. The lowest BCUT2D eigenvalue weighted by Crippen LogP contribution is -2.33. The van der Waals surface area contributed by atoms with E-state index >= 15 is 0 Å². The maximum atomic E-state index is 13.0. The van der Waals surface area contributed by atoms with Gasteiger partial charge in [-0.25, -0.2) is 17.5 Å². The molecule has 1 saturated heterocycles. The van der Waals surface area contributed by atoms with Gasteiger partial charge in [0.05, 0.1) is 24.7 Å². The normalized spacial score (nSPS) is 15.3. The summed E-state index contributed by atoms with van der Waals surface area (Å²) in [6.45, 7) is 1.95. The Morgan fingerprint density at radius 3 is 2.50 bits per heavy atom. The molecule has 1 aliphatic heterocycles. The van der Waals surface area contributed by atoms with E-state index in [0.29, 0.717) is 5.56 Å². The lowest BCUT2D eigenvalue weighted by molar-refractivity contribution is -0.139. The molecular weight excluding hydrogens is 339 g/mol. The van der Waals surface area contributed by atoms with Crippen LogP contribution < -0.4 is 4.72 Å². The van der Waals surface area contributed by atoms with E-state index in [9.17, 15) is 22.4 Å². The van der Waals surface area contributed by atoms with Gasteiger partial charge in [-0.15, -0.1) is 0 Å².